The topological polar surface area (TPSA) is 6.48 Å². The van der Waals surface area contributed by atoms with E-state index >= 15 is 0 Å². The van der Waals surface area contributed by atoms with Gasteiger partial charge in [0.2, 0.25) is 0 Å². The third-order valence-corrected chi connectivity index (χ3v) is 17.6. The highest BCUT2D eigenvalue weighted by Gasteiger charge is 2.45. The SMILES string of the molecule is CC(C)(C)c1ccc2c(c1)B1c3cc(C(C)(C)C)ccc3N(c3cccc(-c4cccc5sc6ccccc6c45)c3)c3cc(C(C)(C)C)cc(c31)N2c1cccc(-c2cccc3sc4ccccc4c23)c1. The number of fused-ring (bicyclic) bond motifs is 10. The van der Waals surface area contributed by atoms with Crippen molar-refractivity contribution in [2.75, 3.05) is 9.80 Å². The van der Waals surface area contributed by atoms with Crippen LogP contribution in [0, 0.1) is 0 Å². The summed E-state index contributed by atoms with van der Waals surface area (Å²) in [6.07, 6.45) is 0. The van der Waals surface area contributed by atoms with Crippen LogP contribution < -0.4 is 26.2 Å². The fraction of sp³-hybridized carbons (Fsp3) is 0.182. The van der Waals surface area contributed by atoms with Crippen molar-refractivity contribution >= 4 is 120 Å². The first-order valence-corrected chi connectivity index (χ1v) is 26.8. The van der Waals surface area contributed by atoms with Crippen LogP contribution in [0.15, 0.2) is 182 Å². The summed E-state index contributed by atoms with van der Waals surface area (Å²) in [6, 6.07) is 69.9. The zero-order valence-electron chi connectivity index (χ0n) is 42.1. The molecule has 0 fully saturated rings. The normalized spacial score (nSPS) is 13.6. The van der Waals surface area contributed by atoms with Gasteiger partial charge in [0, 0.05) is 74.5 Å². The summed E-state index contributed by atoms with van der Waals surface area (Å²) >= 11 is 3.77. The molecule has 11 aromatic rings. The van der Waals surface area contributed by atoms with Gasteiger partial charge in [-0.15, -0.1) is 22.7 Å². The Morgan fingerprint density at radius 3 is 1.20 bits per heavy atom. The van der Waals surface area contributed by atoms with Crippen LogP contribution in [-0.4, -0.2) is 6.71 Å². The van der Waals surface area contributed by atoms with Gasteiger partial charge in [-0.25, -0.2) is 0 Å². The average Bonchev–Trinajstić information content (AvgIpc) is 3.94. The Morgan fingerprint density at radius 2 is 0.761 bits per heavy atom. The highest BCUT2D eigenvalue weighted by atomic mass is 32.1. The van der Waals surface area contributed by atoms with Crippen LogP contribution in [0.25, 0.3) is 62.6 Å². The Labute approximate surface area is 426 Å². The molecular weight excluding hydrogens is 896 g/mol. The Morgan fingerprint density at radius 1 is 0.352 bits per heavy atom. The second kappa shape index (κ2) is 15.8. The molecule has 0 unspecified atom stereocenters. The molecule has 346 valence electrons. The molecule has 0 atom stereocenters. The summed E-state index contributed by atoms with van der Waals surface area (Å²) < 4.78 is 5.29. The minimum absolute atomic E-state index is 0.000628. The van der Waals surface area contributed by atoms with Gasteiger partial charge in [0.05, 0.1) is 0 Å². The van der Waals surface area contributed by atoms with E-state index in [4.69, 9.17) is 0 Å². The molecule has 2 aromatic heterocycles. The van der Waals surface area contributed by atoms with Crippen LogP contribution in [0.3, 0.4) is 0 Å². The number of hydrogen-bond donors (Lipinski definition) is 0. The highest BCUT2D eigenvalue weighted by Crippen LogP contribution is 2.49. The first kappa shape index (κ1) is 44.1. The van der Waals surface area contributed by atoms with E-state index in [1.54, 1.807) is 0 Å². The van der Waals surface area contributed by atoms with E-state index in [0.29, 0.717) is 0 Å². The van der Waals surface area contributed by atoms with Gasteiger partial charge in [0.25, 0.3) is 6.71 Å². The van der Waals surface area contributed by atoms with E-state index in [0.717, 1.165) is 11.4 Å². The van der Waals surface area contributed by atoms with E-state index in [-0.39, 0.29) is 23.0 Å². The molecule has 0 radical (unpaired) electrons. The van der Waals surface area contributed by atoms with Gasteiger partial charge in [0.1, 0.15) is 0 Å². The minimum atomic E-state index is -0.139. The standard InChI is InChI=1S/C66H57BN2S2/c1-64(2,3)42-30-32-53-51(36-42)67-52-37-43(65(4,5)6)31-33-54(52)69(46-21-15-19-41(35-46)48-25-17-29-60-62(48)50-23-11-13-27-58(50)71-60)56-39-44(66(7,8)9)38-55(63(56)67)68(53)45-20-14-18-40(34-45)47-24-16-28-59-61(47)49-22-10-12-26-57(49)70-59/h10-39H,1-9H3. The van der Waals surface area contributed by atoms with Crippen LogP contribution in [-0.2, 0) is 16.2 Å². The Bertz CT molecular complexity index is 3730. The fourth-order valence-corrected chi connectivity index (χ4v) is 13.8. The molecule has 2 nitrogen and oxygen atoms in total. The molecule has 2 aliphatic heterocycles. The molecule has 2 aliphatic rings. The van der Waals surface area contributed by atoms with Crippen LogP contribution >= 0.6 is 22.7 Å². The molecular formula is C66H57BN2S2. The van der Waals surface area contributed by atoms with Crippen molar-refractivity contribution in [2.45, 2.75) is 78.6 Å². The van der Waals surface area contributed by atoms with Crippen LogP contribution in [0.2, 0.25) is 0 Å². The number of rotatable bonds is 4. The molecule has 9 aromatic carbocycles. The van der Waals surface area contributed by atoms with Crippen molar-refractivity contribution in [2.24, 2.45) is 0 Å². The monoisotopic (exact) mass is 952 g/mol. The summed E-state index contributed by atoms with van der Waals surface area (Å²) in [6.45, 7) is 21.2. The molecule has 5 heteroatoms. The van der Waals surface area contributed by atoms with E-state index in [2.05, 4.69) is 254 Å². The molecule has 0 N–H and O–H groups in total. The molecule has 13 rings (SSSR count). The number of thiophene rings is 2. The summed E-state index contributed by atoms with van der Waals surface area (Å²) in [7, 11) is 0. The summed E-state index contributed by atoms with van der Waals surface area (Å²) in [5.74, 6) is 0. The number of benzene rings is 9. The number of hydrogen-bond acceptors (Lipinski definition) is 4. The molecule has 0 spiro atoms. The van der Waals surface area contributed by atoms with E-state index < -0.39 is 0 Å². The van der Waals surface area contributed by atoms with Gasteiger partial charge in [-0.3, -0.25) is 0 Å². The lowest BCUT2D eigenvalue weighted by molar-refractivity contribution is 0.590. The van der Waals surface area contributed by atoms with Gasteiger partial charge in [-0.2, -0.15) is 0 Å². The summed E-state index contributed by atoms with van der Waals surface area (Å²) in [5.41, 5.74) is 20.1. The van der Waals surface area contributed by atoms with Crippen molar-refractivity contribution in [1.82, 2.24) is 0 Å². The van der Waals surface area contributed by atoms with Crippen molar-refractivity contribution in [3.8, 4) is 22.3 Å². The van der Waals surface area contributed by atoms with Crippen LogP contribution in [0.5, 0.6) is 0 Å². The summed E-state index contributed by atoms with van der Waals surface area (Å²) in [5, 5.41) is 5.30. The van der Waals surface area contributed by atoms with Crippen molar-refractivity contribution in [3.63, 3.8) is 0 Å². The molecule has 0 saturated carbocycles. The maximum Gasteiger partial charge on any atom is 0.252 e. The quantitative estimate of drug-likeness (QED) is 0.162. The van der Waals surface area contributed by atoms with Gasteiger partial charge >= 0.3 is 0 Å². The highest BCUT2D eigenvalue weighted by molar-refractivity contribution is 7.26. The predicted octanol–water partition coefficient (Wildman–Crippen LogP) is 17.7. The molecule has 0 saturated heterocycles. The van der Waals surface area contributed by atoms with Crippen LogP contribution in [0.4, 0.5) is 34.1 Å². The van der Waals surface area contributed by atoms with E-state index in [1.165, 1.54) is 118 Å². The van der Waals surface area contributed by atoms with E-state index in [9.17, 15) is 0 Å². The predicted molar refractivity (Wildman–Crippen MR) is 313 cm³/mol. The van der Waals surface area contributed by atoms with Crippen molar-refractivity contribution in [1.29, 1.82) is 0 Å². The summed E-state index contributed by atoms with van der Waals surface area (Å²) in [4.78, 5) is 5.22. The average molecular weight is 953 g/mol. The first-order valence-electron chi connectivity index (χ1n) is 25.2. The Balaban J connectivity index is 1.10. The third kappa shape index (κ3) is 7.02. The molecule has 0 amide bonds. The zero-order chi connectivity index (χ0) is 48.7. The van der Waals surface area contributed by atoms with Crippen molar-refractivity contribution < 1.29 is 0 Å². The second-order valence-electron chi connectivity index (χ2n) is 23.0. The Hall–Kier alpha value is -6.92. The Kier molecular flexibility index (Phi) is 9.80. The number of nitrogens with zero attached hydrogens (tertiary/aromatic N) is 2. The first-order chi connectivity index (χ1) is 34.1. The zero-order valence-corrected chi connectivity index (χ0v) is 43.7. The molecule has 4 heterocycles. The molecule has 71 heavy (non-hydrogen) atoms. The van der Waals surface area contributed by atoms with Crippen LogP contribution in [0.1, 0.15) is 79.0 Å². The molecule has 0 aliphatic carbocycles. The van der Waals surface area contributed by atoms with Gasteiger partial charge in [-0.05, 0) is 144 Å². The fourth-order valence-electron chi connectivity index (χ4n) is 11.6. The maximum atomic E-state index is 2.61. The smallest absolute Gasteiger partial charge is 0.252 e. The van der Waals surface area contributed by atoms with Gasteiger partial charge in [-0.1, -0.05) is 172 Å². The lowest BCUT2D eigenvalue weighted by Gasteiger charge is -2.45. The lowest BCUT2D eigenvalue weighted by atomic mass is 9.33. The lowest BCUT2D eigenvalue weighted by Crippen LogP contribution is -2.61. The minimum Gasteiger partial charge on any atom is -0.311 e. The van der Waals surface area contributed by atoms with Crippen molar-refractivity contribution in [3.05, 3.63) is 199 Å². The van der Waals surface area contributed by atoms with Gasteiger partial charge in [0.15, 0.2) is 0 Å². The van der Waals surface area contributed by atoms with Gasteiger partial charge < -0.3 is 9.80 Å². The third-order valence-electron chi connectivity index (χ3n) is 15.3. The molecule has 0 bridgehead atoms. The number of anilines is 6. The largest absolute Gasteiger partial charge is 0.311 e. The maximum absolute atomic E-state index is 2.61. The second-order valence-corrected chi connectivity index (χ2v) is 25.2. The van der Waals surface area contributed by atoms with E-state index in [1.807, 2.05) is 22.7 Å².